The summed E-state index contributed by atoms with van der Waals surface area (Å²) in [5.41, 5.74) is 1.66. The van der Waals surface area contributed by atoms with Gasteiger partial charge < -0.3 is 15.4 Å². The summed E-state index contributed by atoms with van der Waals surface area (Å²) in [7, 11) is 1.59. The number of aromatic nitrogens is 2. The molecule has 3 rings (SSSR count). The summed E-state index contributed by atoms with van der Waals surface area (Å²) in [6.45, 7) is 2.93. The monoisotopic (exact) mass is 380 g/mol. The highest BCUT2D eigenvalue weighted by atomic mass is 16.5. The molecular weight excluding hydrogens is 356 g/mol. The van der Waals surface area contributed by atoms with Gasteiger partial charge in [-0.15, -0.1) is 0 Å². The fraction of sp³-hybridized carbons (Fsp3) is 0.286. The Morgan fingerprint density at radius 3 is 2.64 bits per heavy atom. The summed E-state index contributed by atoms with van der Waals surface area (Å²) in [5.74, 6) is 0.267. The topological polar surface area (TPSA) is 84.7 Å². The van der Waals surface area contributed by atoms with Gasteiger partial charge in [0.1, 0.15) is 5.75 Å². The van der Waals surface area contributed by atoms with Gasteiger partial charge in [0.2, 0.25) is 5.82 Å². The first kappa shape index (κ1) is 19.4. The zero-order valence-corrected chi connectivity index (χ0v) is 16.1. The molecule has 0 radical (unpaired) electrons. The van der Waals surface area contributed by atoms with Gasteiger partial charge in [0.25, 0.3) is 11.8 Å². The number of nitrogens with one attached hydrogen (secondary N) is 2. The van der Waals surface area contributed by atoms with Crippen LogP contribution in [0.2, 0.25) is 0 Å². The Morgan fingerprint density at radius 1 is 1.07 bits per heavy atom. The smallest absolute Gasteiger partial charge is 0.287 e. The van der Waals surface area contributed by atoms with E-state index in [1.54, 1.807) is 29.8 Å². The summed E-state index contributed by atoms with van der Waals surface area (Å²) in [6.07, 6.45) is 3.61. The molecule has 1 aromatic carbocycles. The maximum Gasteiger partial charge on any atom is 0.287 e. The first-order valence-corrected chi connectivity index (χ1v) is 9.31. The van der Waals surface area contributed by atoms with Crippen molar-refractivity contribution in [3.63, 3.8) is 0 Å². The number of pyridine rings is 1. The normalized spacial score (nSPS) is 10.6. The van der Waals surface area contributed by atoms with Crippen molar-refractivity contribution < 1.29 is 14.3 Å². The predicted octanol–water partition coefficient (Wildman–Crippen LogP) is 2.80. The van der Waals surface area contributed by atoms with E-state index in [1.165, 1.54) is 0 Å². The van der Waals surface area contributed by atoms with E-state index >= 15 is 0 Å². The van der Waals surface area contributed by atoms with Gasteiger partial charge in [-0.3, -0.25) is 14.0 Å². The number of amides is 2. The van der Waals surface area contributed by atoms with E-state index in [0.29, 0.717) is 24.4 Å². The number of para-hydroxylation sites is 1. The third-order valence-electron chi connectivity index (χ3n) is 4.41. The average molecular weight is 380 g/mol. The molecule has 7 nitrogen and oxygen atoms in total. The van der Waals surface area contributed by atoms with Crippen LogP contribution < -0.4 is 15.4 Å². The molecule has 0 spiro atoms. The molecule has 0 bridgehead atoms. The van der Waals surface area contributed by atoms with Crippen LogP contribution in [-0.4, -0.2) is 34.9 Å². The van der Waals surface area contributed by atoms with Crippen LogP contribution >= 0.6 is 0 Å². The molecule has 146 valence electrons. The number of benzene rings is 1. The van der Waals surface area contributed by atoms with Crippen molar-refractivity contribution in [2.24, 2.45) is 0 Å². The molecule has 0 unspecified atom stereocenters. The summed E-state index contributed by atoms with van der Waals surface area (Å²) in [6, 6.07) is 12.9. The van der Waals surface area contributed by atoms with Gasteiger partial charge in [-0.1, -0.05) is 37.6 Å². The lowest BCUT2D eigenvalue weighted by molar-refractivity contribution is 0.0942. The van der Waals surface area contributed by atoms with Crippen molar-refractivity contribution in [3.8, 4) is 5.75 Å². The number of methoxy groups -OCH3 is 1. The Kier molecular flexibility index (Phi) is 6.26. The number of ether oxygens (including phenoxy) is 1. The van der Waals surface area contributed by atoms with Crippen LogP contribution in [0.5, 0.6) is 5.75 Å². The zero-order valence-electron chi connectivity index (χ0n) is 16.1. The first-order valence-electron chi connectivity index (χ1n) is 9.31. The first-order chi connectivity index (χ1) is 13.7. The van der Waals surface area contributed by atoms with Gasteiger partial charge >= 0.3 is 0 Å². The second-order valence-corrected chi connectivity index (χ2v) is 6.34. The van der Waals surface area contributed by atoms with Crippen molar-refractivity contribution in [2.75, 3.05) is 13.7 Å². The molecule has 0 saturated heterocycles. The molecule has 7 heteroatoms. The van der Waals surface area contributed by atoms with E-state index in [2.05, 4.69) is 22.5 Å². The van der Waals surface area contributed by atoms with Gasteiger partial charge in [-0.25, -0.2) is 4.98 Å². The number of unbranched alkanes of at least 4 members (excludes halogenated alkanes) is 1. The molecule has 0 saturated carbocycles. The van der Waals surface area contributed by atoms with E-state index in [0.717, 1.165) is 18.4 Å². The van der Waals surface area contributed by atoms with Crippen LogP contribution in [0.4, 0.5) is 0 Å². The van der Waals surface area contributed by atoms with Crippen LogP contribution in [0, 0.1) is 0 Å². The molecule has 0 atom stereocenters. The Balaban J connectivity index is 1.82. The van der Waals surface area contributed by atoms with Crippen molar-refractivity contribution >= 4 is 17.3 Å². The van der Waals surface area contributed by atoms with Crippen LogP contribution in [0.25, 0.3) is 5.52 Å². The minimum Gasteiger partial charge on any atom is -0.496 e. The highest BCUT2D eigenvalue weighted by Crippen LogP contribution is 2.18. The maximum absolute atomic E-state index is 12.8. The van der Waals surface area contributed by atoms with E-state index in [1.807, 2.05) is 30.3 Å². The molecule has 0 aliphatic carbocycles. The lowest BCUT2D eigenvalue weighted by atomic mass is 10.2. The van der Waals surface area contributed by atoms with E-state index in [4.69, 9.17) is 4.74 Å². The van der Waals surface area contributed by atoms with E-state index < -0.39 is 0 Å². The van der Waals surface area contributed by atoms with Crippen molar-refractivity contribution in [2.45, 2.75) is 26.3 Å². The standard InChI is InChI=1S/C21H24N4O3/c1-3-4-12-22-21(27)19-24-18(16-10-7-8-13-25(16)19)20(26)23-14-15-9-5-6-11-17(15)28-2/h5-11,13H,3-4,12,14H2,1-2H3,(H,22,27)(H,23,26). The van der Waals surface area contributed by atoms with Crippen LogP contribution in [0.1, 0.15) is 46.4 Å². The van der Waals surface area contributed by atoms with Crippen LogP contribution in [-0.2, 0) is 6.54 Å². The van der Waals surface area contributed by atoms with Crippen LogP contribution in [0.3, 0.4) is 0 Å². The minimum absolute atomic E-state index is 0.203. The summed E-state index contributed by atoms with van der Waals surface area (Å²) < 4.78 is 6.95. The highest BCUT2D eigenvalue weighted by molar-refractivity contribution is 6.02. The quantitative estimate of drug-likeness (QED) is 0.589. The molecule has 0 aliphatic heterocycles. The van der Waals surface area contributed by atoms with E-state index in [9.17, 15) is 9.59 Å². The molecule has 3 aromatic rings. The summed E-state index contributed by atoms with van der Waals surface area (Å²) >= 11 is 0. The SMILES string of the molecule is CCCCNC(=O)c1nc(C(=O)NCc2ccccc2OC)c2ccccn12. The number of carbonyl (C=O) groups is 2. The van der Waals surface area contributed by atoms with Crippen LogP contribution in [0.15, 0.2) is 48.7 Å². The number of fused-ring (bicyclic) bond motifs is 1. The molecule has 2 heterocycles. The largest absolute Gasteiger partial charge is 0.496 e. The average Bonchev–Trinajstić information content (AvgIpc) is 3.12. The Bertz CT molecular complexity index is 981. The molecule has 0 aliphatic rings. The van der Waals surface area contributed by atoms with Crippen molar-refractivity contribution in [1.82, 2.24) is 20.0 Å². The number of nitrogens with zero attached hydrogens (tertiary/aromatic N) is 2. The number of hydrogen-bond acceptors (Lipinski definition) is 4. The minimum atomic E-state index is -0.345. The third-order valence-corrected chi connectivity index (χ3v) is 4.41. The highest BCUT2D eigenvalue weighted by Gasteiger charge is 2.21. The molecular formula is C21H24N4O3. The molecule has 2 N–H and O–H groups in total. The molecule has 0 fully saturated rings. The number of rotatable bonds is 8. The number of imidazole rings is 1. The summed E-state index contributed by atoms with van der Waals surface area (Å²) in [5, 5.41) is 5.71. The Labute approximate surface area is 163 Å². The Hall–Kier alpha value is -3.35. The van der Waals surface area contributed by atoms with Gasteiger partial charge in [-0.05, 0) is 24.6 Å². The zero-order chi connectivity index (χ0) is 19.9. The fourth-order valence-corrected chi connectivity index (χ4v) is 2.93. The molecule has 2 amide bonds. The molecule has 2 aromatic heterocycles. The van der Waals surface area contributed by atoms with Gasteiger partial charge in [0.05, 0.1) is 12.6 Å². The predicted molar refractivity (Wildman–Crippen MR) is 107 cm³/mol. The van der Waals surface area contributed by atoms with Gasteiger partial charge in [-0.2, -0.15) is 0 Å². The summed E-state index contributed by atoms with van der Waals surface area (Å²) in [4.78, 5) is 29.6. The Morgan fingerprint density at radius 2 is 1.86 bits per heavy atom. The third kappa shape index (κ3) is 4.14. The molecule has 28 heavy (non-hydrogen) atoms. The fourth-order valence-electron chi connectivity index (χ4n) is 2.93. The number of carbonyl (C=O) groups excluding carboxylic acids is 2. The lowest BCUT2D eigenvalue weighted by Crippen LogP contribution is -2.27. The van der Waals surface area contributed by atoms with Crippen molar-refractivity contribution in [1.29, 1.82) is 0 Å². The van der Waals surface area contributed by atoms with Gasteiger partial charge in [0, 0.05) is 24.8 Å². The number of hydrogen-bond donors (Lipinski definition) is 2. The second-order valence-electron chi connectivity index (χ2n) is 6.34. The lowest BCUT2D eigenvalue weighted by Gasteiger charge is -2.08. The van der Waals surface area contributed by atoms with Crippen molar-refractivity contribution in [3.05, 3.63) is 65.7 Å². The van der Waals surface area contributed by atoms with E-state index in [-0.39, 0.29) is 23.3 Å². The van der Waals surface area contributed by atoms with Gasteiger partial charge in [0.15, 0.2) is 5.69 Å². The maximum atomic E-state index is 12.8. The second kappa shape index (κ2) is 9.03.